The predicted molar refractivity (Wildman–Crippen MR) is 55.4 cm³/mol. The molecule has 13 heavy (non-hydrogen) atoms. The first-order chi connectivity index (χ1) is 6.45. The largest absolute Gasteiger partial charge is 0.0838 e. The van der Waals surface area contributed by atoms with Crippen LogP contribution in [0.3, 0.4) is 0 Å². The third-order valence-electron chi connectivity index (χ3n) is 2.85. The second kappa shape index (κ2) is 2.59. The van der Waals surface area contributed by atoms with Crippen LogP contribution in [-0.2, 0) is 12.8 Å². The molecule has 1 aromatic carbocycles. The van der Waals surface area contributed by atoms with Crippen LogP contribution in [0.1, 0.15) is 22.3 Å². The summed E-state index contributed by atoms with van der Waals surface area (Å²) in [5.74, 6) is 0. The maximum absolute atomic E-state index is 2.27. The van der Waals surface area contributed by atoms with Gasteiger partial charge in [0.1, 0.15) is 0 Å². The van der Waals surface area contributed by atoms with E-state index in [0.717, 1.165) is 12.8 Å². The molecule has 0 fully saturated rings. The highest BCUT2D eigenvalue weighted by Crippen LogP contribution is 2.29. The van der Waals surface area contributed by atoms with Crippen molar-refractivity contribution in [2.75, 3.05) is 0 Å². The minimum absolute atomic E-state index is 1.11. The van der Waals surface area contributed by atoms with Crippen LogP contribution >= 0.6 is 0 Å². The van der Waals surface area contributed by atoms with E-state index in [2.05, 4.69) is 42.9 Å². The van der Waals surface area contributed by atoms with Crippen molar-refractivity contribution >= 4 is 6.08 Å². The second-order valence-electron chi connectivity index (χ2n) is 3.61. The van der Waals surface area contributed by atoms with E-state index in [-0.39, 0.29) is 0 Å². The van der Waals surface area contributed by atoms with Gasteiger partial charge in [-0.1, -0.05) is 36.4 Å². The van der Waals surface area contributed by atoms with Crippen molar-refractivity contribution in [1.29, 1.82) is 0 Å². The van der Waals surface area contributed by atoms with Gasteiger partial charge < -0.3 is 0 Å². The van der Waals surface area contributed by atoms with Gasteiger partial charge in [0.25, 0.3) is 0 Å². The zero-order chi connectivity index (χ0) is 8.67. The summed E-state index contributed by atoms with van der Waals surface area (Å²) in [5.41, 5.74) is 5.86. The molecule has 0 aliphatic heterocycles. The van der Waals surface area contributed by atoms with Crippen molar-refractivity contribution in [3.63, 3.8) is 0 Å². The second-order valence-corrected chi connectivity index (χ2v) is 3.61. The minimum atomic E-state index is 1.11. The highest BCUT2D eigenvalue weighted by molar-refractivity contribution is 5.68. The molecule has 63 valence electrons. The van der Waals surface area contributed by atoms with Gasteiger partial charge in [-0.25, -0.2) is 0 Å². The smallest absolute Gasteiger partial charge is 0.0134 e. The average molecular weight is 167 g/mol. The van der Waals surface area contributed by atoms with E-state index in [4.69, 9.17) is 0 Å². The summed E-state index contributed by atoms with van der Waals surface area (Å²) in [4.78, 5) is 0. The Morgan fingerprint density at radius 2 is 1.92 bits per heavy atom. The van der Waals surface area contributed by atoms with Gasteiger partial charge in [-0.3, -0.25) is 0 Å². The molecule has 0 atom stereocenters. The highest BCUT2D eigenvalue weighted by Gasteiger charge is 2.14. The lowest BCUT2D eigenvalue weighted by Crippen LogP contribution is -2.01. The summed E-state index contributed by atoms with van der Waals surface area (Å²) in [7, 11) is 0. The fraction of sp³-hybridized carbons (Fsp3) is 0.154. The topological polar surface area (TPSA) is 0 Å². The maximum Gasteiger partial charge on any atom is 0.0134 e. The fourth-order valence-electron chi connectivity index (χ4n) is 2.16. The van der Waals surface area contributed by atoms with E-state index in [1.54, 1.807) is 0 Å². The molecule has 1 aromatic rings. The van der Waals surface area contributed by atoms with Crippen molar-refractivity contribution in [3.05, 3.63) is 59.0 Å². The van der Waals surface area contributed by atoms with Crippen LogP contribution in [-0.4, -0.2) is 0 Å². The lowest BCUT2D eigenvalue weighted by Gasteiger charge is -2.15. The van der Waals surface area contributed by atoms with Gasteiger partial charge in [-0.2, -0.15) is 0 Å². The maximum atomic E-state index is 2.27. The summed E-state index contributed by atoms with van der Waals surface area (Å²) >= 11 is 0. The van der Waals surface area contributed by atoms with Gasteiger partial charge in [0, 0.05) is 6.42 Å². The van der Waals surface area contributed by atoms with Crippen LogP contribution in [0.5, 0.6) is 0 Å². The molecule has 0 aromatic heterocycles. The van der Waals surface area contributed by atoms with Gasteiger partial charge >= 0.3 is 0 Å². The Morgan fingerprint density at radius 3 is 2.92 bits per heavy atom. The molecule has 0 saturated carbocycles. The summed E-state index contributed by atoms with van der Waals surface area (Å²) in [6.07, 6.45) is 13.3. The molecular formula is C13H11. The molecule has 0 N–H and O–H groups in total. The lowest BCUT2D eigenvalue weighted by atomic mass is 9.90. The Kier molecular flexibility index (Phi) is 1.42. The van der Waals surface area contributed by atoms with Gasteiger partial charge in [-0.05, 0) is 35.1 Å². The first-order valence-electron chi connectivity index (χ1n) is 4.76. The number of benzene rings is 1. The quantitative estimate of drug-likeness (QED) is 0.521. The number of fused-ring (bicyclic) bond motifs is 3. The van der Waals surface area contributed by atoms with E-state index < -0.39 is 0 Å². The van der Waals surface area contributed by atoms with Gasteiger partial charge in [0.2, 0.25) is 0 Å². The Balaban J connectivity index is 2.22. The van der Waals surface area contributed by atoms with Crippen molar-refractivity contribution in [3.8, 4) is 0 Å². The zero-order valence-electron chi connectivity index (χ0n) is 7.46. The third-order valence-corrected chi connectivity index (χ3v) is 2.85. The summed E-state index contributed by atoms with van der Waals surface area (Å²) < 4.78 is 0. The molecule has 0 unspecified atom stereocenters. The molecule has 0 amide bonds. The molecule has 0 heterocycles. The van der Waals surface area contributed by atoms with E-state index >= 15 is 0 Å². The van der Waals surface area contributed by atoms with Gasteiger partial charge in [0.05, 0.1) is 0 Å². The van der Waals surface area contributed by atoms with Crippen molar-refractivity contribution in [1.82, 2.24) is 0 Å². The Bertz CT molecular complexity index is 408. The molecule has 0 saturated heterocycles. The molecule has 0 heteroatoms. The first kappa shape index (κ1) is 7.14. The van der Waals surface area contributed by atoms with E-state index in [1.165, 1.54) is 22.3 Å². The monoisotopic (exact) mass is 167 g/mol. The van der Waals surface area contributed by atoms with Crippen LogP contribution in [0.25, 0.3) is 6.08 Å². The standard InChI is InChI=1S/C13H11/c1-2-6-12-10(4-1)8-9-11-5-3-7-13(11)12/h1-3,5,7-9H,4,6H2. The lowest BCUT2D eigenvalue weighted by molar-refractivity contribution is 1.08. The van der Waals surface area contributed by atoms with Crippen molar-refractivity contribution in [2.24, 2.45) is 0 Å². The van der Waals surface area contributed by atoms with Gasteiger partial charge in [-0.15, -0.1) is 0 Å². The summed E-state index contributed by atoms with van der Waals surface area (Å²) in [5, 5.41) is 0. The molecule has 1 radical (unpaired) electrons. The van der Waals surface area contributed by atoms with E-state index in [1.807, 2.05) is 0 Å². The molecule has 0 nitrogen and oxygen atoms in total. The van der Waals surface area contributed by atoms with Crippen LogP contribution in [0, 0.1) is 6.42 Å². The minimum Gasteiger partial charge on any atom is -0.0838 e. The zero-order valence-corrected chi connectivity index (χ0v) is 7.46. The van der Waals surface area contributed by atoms with Crippen LogP contribution in [0.2, 0.25) is 0 Å². The van der Waals surface area contributed by atoms with E-state index in [0.29, 0.717) is 0 Å². The molecule has 0 bridgehead atoms. The fourth-order valence-corrected chi connectivity index (χ4v) is 2.16. The number of rotatable bonds is 0. The van der Waals surface area contributed by atoms with E-state index in [9.17, 15) is 0 Å². The molecule has 2 aliphatic carbocycles. The molecule has 0 spiro atoms. The van der Waals surface area contributed by atoms with Crippen molar-refractivity contribution in [2.45, 2.75) is 12.8 Å². The molecule has 2 aliphatic rings. The molecular weight excluding hydrogens is 156 g/mol. The van der Waals surface area contributed by atoms with Crippen LogP contribution < -0.4 is 0 Å². The number of allylic oxidation sites excluding steroid dienone is 3. The Hall–Kier alpha value is -1.30. The van der Waals surface area contributed by atoms with Gasteiger partial charge in [0.15, 0.2) is 0 Å². The van der Waals surface area contributed by atoms with Crippen molar-refractivity contribution < 1.29 is 0 Å². The number of hydrogen-bond acceptors (Lipinski definition) is 0. The Morgan fingerprint density at radius 1 is 1.00 bits per heavy atom. The summed E-state index contributed by atoms with van der Waals surface area (Å²) in [6, 6.07) is 4.49. The summed E-state index contributed by atoms with van der Waals surface area (Å²) in [6.45, 7) is 0. The molecule has 3 rings (SSSR count). The number of hydrogen-bond donors (Lipinski definition) is 0. The highest BCUT2D eigenvalue weighted by atomic mass is 14.2. The normalized spacial score (nSPS) is 17.2. The third kappa shape index (κ3) is 0.983. The van der Waals surface area contributed by atoms with Crippen LogP contribution in [0.15, 0.2) is 30.4 Å². The van der Waals surface area contributed by atoms with Crippen LogP contribution in [0.4, 0.5) is 0 Å². The predicted octanol–water partition coefficient (Wildman–Crippen LogP) is 2.92. The average Bonchev–Trinajstić information content (AvgIpc) is 2.65. The SMILES string of the molecule is [CH]1C=Cc2ccc3c(c21)CC=CC3. The Labute approximate surface area is 78.6 Å². The first-order valence-corrected chi connectivity index (χ1v) is 4.76.